The Morgan fingerprint density at radius 2 is 1.89 bits per heavy atom. The molecule has 0 fully saturated rings. The zero-order chi connectivity index (χ0) is 6.78. The number of hydrogen-bond acceptors (Lipinski definition) is 3. The molecule has 0 aromatic carbocycles. The summed E-state index contributed by atoms with van der Waals surface area (Å²) in [5.74, 6) is 0. The van der Waals surface area contributed by atoms with Gasteiger partial charge < -0.3 is 4.74 Å². The molecule has 0 aromatic rings. The second-order valence-electron chi connectivity index (χ2n) is 1.32. The van der Waals surface area contributed by atoms with Crippen LogP contribution in [-0.4, -0.2) is 25.5 Å². The van der Waals surface area contributed by atoms with E-state index in [1.54, 1.807) is 0 Å². The van der Waals surface area contributed by atoms with Crippen molar-refractivity contribution in [3.05, 3.63) is 0 Å². The quantitative estimate of drug-likeness (QED) is 0.578. The van der Waals surface area contributed by atoms with Gasteiger partial charge in [-0.1, -0.05) is 0 Å². The number of methoxy groups -OCH3 is 1. The van der Waals surface area contributed by atoms with Crippen LogP contribution in [-0.2, 0) is 14.9 Å². The SMILES string of the molecule is COC(C)S(=O)(=O)O.F. The number of halogens is 1. The van der Waals surface area contributed by atoms with Gasteiger partial charge in [0.1, 0.15) is 0 Å². The van der Waals surface area contributed by atoms with E-state index in [4.69, 9.17) is 4.55 Å². The molecule has 6 heteroatoms. The Labute approximate surface area is 52.9 Å². The molecular weight excluding hydrogens is 151 g/mol. The van der Waals surface area contributed by atoms with Crippen LogP contribution in [0.15, 0.2) is 0 Å². The third kappa shape index (κ3) is 4.31. The van der Waals surface area contributed by atoms with Crippen molar-refractivity contribution in [2.24, 2.45) is 0 Å². The van der Waals surface area contributed by atoms with Crippen molar-refractivity contribution in [3.8, 4) is 0 Å². The van der Waals surface area contributed by atoms with Crippen molar-refractivity contribution < 1.29 is 22.4 Å². The van der Waals surface area contributed by atoms with Gasteiger partial charge in [0.05, 0.1) is 0 Å². The van der Waals surface area contributed by atoms with Crippen LogP contribution in [0.25, 0.3) is 0 Å². The van der Waals surface area contributed by atoms with Gasteiger partial charge in [-0.25, -0.2) is 0 Å². The zero-order valence-corrected chi connectivity index (χ0v) is 5.88. The van der Waals surface area contributed by atoms with Crippen molar-refractivity contribution in [2.45, 2.75) is 12.4 Å². The molecule has 0 heterocycles. The molecule has 0 aromatic heterocycles. The van der Waals surface area contributed by atoms with Crippen LogP contribution < -0.4 is 0 Å². The maximum Gasteiger partial charge on any atom is 0.291 e. The minimum absolute atomic E-state index is 0. The summed E-state index contributed by atoms with van der Waals surface area (Å²) >= 11 is 0. The Bertz CT molecular complexity index is 151. The number of ether oxygens (including phenoxy) is 1. The summed E-state index contributed by atoms with van der Waals surface area (Å²) in [5, 5.41) is 0. The zero-order valence-electron chi connectivity index (χ0n) is 5.07. The van der Waals surface area contributed by atoms with Crippen LogP contribution in [0.5, 0.6) is 0 Å². The van der Waals surface area contributed by atoms with Crippen molar-refractivity contribution in [3.63, 3.8) is 0 Å². The number of hydrogen-bond donors (Lipinski definition) is 1. The van der Waals surface area contributed by atoms with Crippen LogP contribution in [0.1, 0.15) is 6.92 Å². The summed E-state index contributed by atoms with van der Waals surface area (Å²) in [6.45, 7) is 1.25. The maximum atomic E-state index is 9.99. The first-order valence-electron chi connectivity index (χ1n) is 1.97. The lowest BCUT2D eigenvalue weighted by molar-refractivity contribution is 0.169. The lowest BCUT2D eigenvalue weighted by atomic mass is 10.9. The summed E-state index contributed by atoms with van der Waals surface area (Å²) in [6.07, 6.45) is 0. The van der Waals surface area contributed by atoms with Crippen LogP contribution in [0.4, 0.5) is 4.70 Å². The first-order chi connectivity index (χ1) is 3.48. The average Bonchev–Trinajstić information content (AvgIpc) is 1.62. The van der Waals surface area contributed by atoms with E-state index in [9.17, 15) is 8.42 Å². The Hall–Kier alpha value is -0.200. The molecule has 0 radical (unpaired) electrons. The lowest BCUT2D eigenvalue weighted by Gasteiger charge is -2.02. The van der Waals surface area contributed by atoms with E-state index in [-0.39, 0.29) is 4.70 Å². The van der Waals surface area contributed by atoms with Crippen molar-refractivity contribution in [2.75, 3.05) is 7.11 Å². The van der Waals surface area contributed by atoms with Gasteiger partial charge in [0.2, 0.25) is 0 Å². The highest BCUT2D eigenvalue weighted by molar-refractivity contribution is 7.86. The first-order valence-corrected chi connectivity index (χ1v) is 3.48. The fraction of sp³-hybridized carbons (Fsp3) is 1.00. The first kappa shape index (κ1) is 11.6. The predicted octanol–water partition coefficient (Wildman–Crippen LogP) is 0.0191. The minimum Gasteiger partial charge on any atom is -0.363 e. The van der Waals surface area contributed by atoms with Gasteiger partial charge in [-0.2, -0.15) is 8.42 Å². The smallest absolute Gasteiger partial charge is 0.291 e. The topological polar surface area (TPSA) is 63.6 Å². The van der Waals surface area contributed by atoms with Crippen molar-refractivity contribution in [1.29, 1.82) is 0 Å². The second kappa shape index (κ2) is 3.76. The van der Waals surface area contributed by atoms with Gasteiger partial charge in [-0.15, -0.1) is 0 Å². The van der Waals surface area contributed by atoms with E-state index in [0.717, 1.165) is 0 Å². The van der Waals surface area contributed by atoms with E-state index < -0.39 is 15.6 Å². The fourth-order valence-electron chi connectivity index (χ4n) is 0.122. The Morgan fingerprint density at radius 3 is 1.89 bits per heavy atom. The summed E-state index contributed by atoms with van der Waals surface area (Å²) in [4.78, 5) is 0. The lowest BCUT2D eigenvalue weighted by Crippen LogP contribution is -2.17. The summed E-state index contributed by atoms with van der Waals surface area (Å²) in [7, 11) is -2.77. The van der Waals surface area contributed by atoms with Crippen molar-refractivity contribution >= 4 is 10.1 Å². The van der Waals surface area contributed by atoms with Crippen LogP contribution in [0, 0.1) is 0 Å². The molecular formula is C3H9FO4S. The Balaban J connectivity index is 0. The predicted molar refractivity (Wildman–Crippen MR) is 30.5 cm³/mol. The second-order valence-corrected chi connectivity index (χ2v) is 3.01. The molecule has 0 aliphatic carbocycles. The molecule has 0 saturated heterocycles. The fourth-order valence-corrected chi connectivity index (χ4v) is 0.365. The molecule has 0 bridgehead atoms. The largest absolute Gasteiger partial charge is 0.363 e. The highest BCUT2D eigenvalue weighted by Crippen LogP contribution is 1.95. The third-order valence-corrected chi connectivity index (χ3v) is 1.78. The molecule has 0 rings (SSSR count). The van der Waals surface area contributed by atoms with E-state index in [2.05, 4.69) is 4.74 Å². The average molecular weight is 160 g/mol. The summed E-state index contributed by atoms with van der Waals surface area (Å²) in [6, 6.07) is 0. The molecule has 4 nitrogen and oxygen atoms in total. The molecule has 0 aliphatic rings. The Kier molecular flexibility index (Phi) is 4.83. The third-order valence-electron chi connectivity index (χ3n) is 0.751. The Morgan fingerprint density at radius 1 is 1.56 bits per heavy atom. The molecule has 0 aliphatic heterocycles. The summed E-state index contributed by atoms with van der Waals surface area (Å²) in [5.41, 5.74) is -1.12. The highest BCUT2D eigenvalue weighted by Gasteiger charge is 2.14. The van der Waals surface area contributed by atoms with Crippen LogP contribution in [0.3, 0.4) is 0 Å². The molecule has 1 N–H and O–H groups in total. The van der Waals surface area contributed by atoms with Gasteiger partial charge in [0.25, 0.3) is 10.1 Å². The van der Waals surface area contributed by atoms with E-state index >= 15 is 0 Å². The maximum absolute atomic E-state index is 9.99. The molecule has 0 amide bonds. The summed E-state index contributed by atoms with van der Waals surface area (Å²) < 4.78 is 32.4. The molecule has 1 atom stereocenters. The van der Waals surface area contributed by atoms with E-state index in [1.807, 2.05) is 0 Å². The number of rotatable bonds is 2. The van der Waals surface area contributed by atoms with Gasteiger partial charge in [0.15, 0.2) is 5.44 Å². The van der Waals surface area contributed by atoms with E-state index in [0.29, 0.717) is 0 Å². The molecule has 9 heavy (non-hydrogen) atoms. The molecule has 0 spiro atoms. The molecule has 1 unspecified atom stereocenters. The van der Waals surface area contributed by atoms with Crippen LogP contribution >= 0.6 is 0 Å². The van der Waals surface area contributed by atoms with Gasteiger partial charge >= 0.3 is 0 Å². The van der Waals surface area contributed by atoms with E-state index in [1.165, 1.54) is 14.0 Å². The monoisotopic (exact) mass is 160 g/mol. The minimum atomic E-state index is -3.98. The van der Waals surface area contributed by atoms with Crippen LogP contribution in [0.2, 0.25) is 0 Å². The highest BCUT2D eigenvalue weighted by atomic mass is 32.2. The van der Waals surface area contributed by atoms with Crippen molar-refractivity contribution in [1.82, 2.24) is 0 Å². The van der Waals surface area contributed by atoms with Gasteiger partial charge in [0, 0.05) is 7.11 Å². The molecule has 58 valence electrons. The molecule has 0 saturated carbocycles. The van der Waals surface area contributed by atoms with Gasteiger partial charge in [-0.3, -0.25) is 9.26 Å². The standard InChI is InChI=1S/C3H8O4S.FH/c1-3(7-2)8(4,5)6;/h3H,1-2H3,(H,4,5,6);1H. The normalized spacial score (nSPS) is 14.1. The van der Waals surface area contributed by atoms with Gasteiger partial charge in [-0.05, 0) is 6.92 Å².